The Kier molecular flexibility index (Phi) is 1.89. The fraction of sp³-hybridized carbons (Fsp3) is 0.0833. The van der Waals surface area contributed by atoms with Crippen molar-refractivity contribution in [2.75, 3.05) is 5.84 Å². The second-order valence-corrected chi connectivity index (χ2v) is 3.91. The highest BCUT2D eigenvalue weighted by Crippen LogP contribution is 2.21. The molecule has 0 amide bonds. The average molecular weight is 226 g/mol. The summed E-state index contributed by atoms with van der Waals surface area (Å²) in [6.45, 7) is 1.88. The number of nitrogens with two attached hydrogens (primary N) is 1. The van der Waals surface area contributed by atoms with Gasteiger partial charge < -0.3 is 5.84 Å². The molecule has 2 aromatic heterocycles. The van der Waals surface area contributed by atoms with Gasteiger partial charge in [-0.05, 0) is 18.6 Å². The molecular weight excluding hydrogens is 216 g/mol. The van der Waals surface area contributed by atoms with E-state index in [1.807, 2.05) is 31.2 Å². The third-order valence-corrected chi connectivity index (χ3v) is 2.89. The van der Waals surface area contributed by atoms with Crippen molar-refractivity contribution in [1.82, 2.24) is 14.6 Å². The van der Waals surface area contributed by atoms with Gasteiger partial charge in [0.15, 0.2) is 5.65 Å². The molecule has 2 N–H and O–H groups in total. The predicted molar refractivity (Wildman–Crippen MR) is 66.2 cm³/mol. The molecule has 0 unspecified atom stereocenters. The lowest BCUT2D eigenvalue weighted by molar-refractivity contribution is 0.908. The summed E-state index contributed by atoms with van der Waals surface area (Å²) < 4.78 is 0.978. The van der Waals surface area contributed by atoms with Gasteiger partial charge in [-0.1, -0.05) is 18.2 Å². The smallest absolute Gasteiger partial charge is 0.281 e. The van der Waals surface area contributed by atoms with Gasteiger partial charge in [-0.15, -0.1) is 0 Å². The van der Waals surface area contributed by atoms with E-state index in [-0.39, 0.29) is 5.56 Å². The summed E-state index contributed by atoms with van der Waals surface area (Å²) in [5.41, 5.74) is 1.86. The maximum Gasteiger partial charge on any atom is 0.281 e. The molecule has 1 aromatic carbocycles. The first-order valence-corrected chi connectivity index (χ1v) is 5.20. The minimum atomic E-state index is -0.272. The summed E-state index contributed by atoms with van der Waals surface area (Å²) in [5, 5.41) is 1.43. The Bertz CT molecular complexity index is 791. The van der Waals surface area contributed by atoms with Gasteiger partial charge in [0, 0.05) is 5.39 Å². The molecule has 0 saturated carbocycles. The second kappa shape index (κ2) is 3.28. The Morgan fingerprint density at radius 3 is 2.88 bits per heavy atom. The third-order valence-electron chi connectivity index (χ3n) is 2.89. The lowest BCUT2D eigenvalue weighted by atomic mass is 10.1. The van der Waals surface area contributed by atoms with E-state index in [0.29, 0.717) is 11.0 Å². The van der Waals surface area contributed by atoms with E-state index in [1.165, 1.54) is 6.33 Å². The van der Waals surface area contributed by atoms with Crippen molar-refractivity contribution in [1.29, 1.82) is 0 Å². The number of pyridine rings is 1. The summed E-state index contributed by atoms with van der Waals surface area (Å²) in [6.07, 6.45) is 1.28. The second-order valence-electron chi connectivity index (χ2n) is 3.91. The van der Waals surface area contributed by atoms with Gasteiger partial charge in [0.2, 0.25) is 0 Å². The molecule has 3 aromatic rings. The molecule has 0 aliphatic carbocycles. The number of fused-ring (bicyclic) bond motifs is 2. The minimum absolute atomic E-state index is 0.272. The zero-order valence-corrected chi connectivity index (χ0v) is 9.21. The summed E-state index contributed by atoms with van der Waals surface area (Å²) in [4.78, 5) is 20.4. The zero-order valence-electron chi connectivity index (χ0n) is 9.21. The number of aromatic nitrogens is 3. The van der Waals surface area contributed by atoms with Gasteiger partial charge in [-0.3, -0.25) is 4.79 Å². The Balaban J connectivity index is 2.65. The molecule has 0 aliphatic rings. The van der Waals surface area contributed by atoms with Crippen LogP contribution in [-0.2, 0) is 0 Å². The lowest BCUT2D eigenvalue weighted by Crippen LogP contribution is -2.27. The summed E-state index contributed by atoms with van der Waals surface area (Å²) in [5.74, 6) is 5.51. The minimum Gasteiger partial charge on any atom is -0.335 e. The summed E-state index contributed by atoms with van der Waals surface area (Å²) >= 11 is 0. The molecule has 0 spiro atoms. The van der Waals surface area contributed by atoms with Crippen LogP contribution in [0.2, 0.25) is 0 Å². The number of aryl methyl sites for hydroxylation is 1. The zero-order chi connectivity index (χ0) is 12.0. The lowest BCUT2D eigenvalue weighted by Gasteiger charge is -2.06. The molecule has 2 heterocycles. The monoisotopic (exact) mass is 226 g/mol. The van der Waals surface area contributed by atoms with Crippen LogP contribution in [0.5, 0.6) is 0 Å². The highest BCUT2D eigenvalue weighted by atomic mass is 16.1. The average Bonchev–Trinajstić information content (AvgIpc) is 2.34. The van der Waals surface area contributed by atoms with E-state index in [4.69, 9.17) is 5.84 Å². The molecule has 0 atom stereocenters. The number of para-hydroxylation sites is 1. The van der Waals surface area contributed by atoms with Crippen LogP contribution in [0.15, 0.2) is 35.4 Å². The molecule has 0 radical (unpaired) electrons. The van der Waals surface area contributed by atoms with E-state index in [0.717, 1.165) is 21.1 Å². The first-order valence-electron chi connectivity index (χ1n) is 5.20. The molecule has 0 saturated heterocycles. The molecule has 5 nitrogen and oxygen atoms in total. The van der Waals surface area contributed by atoms with Crippen LogP contribution in [0.25, 0.3) is 21.9 Å². The SMILES string of the molecule is Cc1c2ccccc2nc2ncn(N)c(=O)c12. The van der Waals surface area contributed by atoms with Crippen molar-refractivity contribution in [3.8, 4) is 0 Å². The number of hydrogen-bond acceptors (Lipinski definition) is 4. The molecule has 3 rings (SSSR count). The molecule has 0 fully saturated rings. The van der Waals surface area contributed by atoms with E-state index in [2.05, 4.69) is 9.97 Å². The summed E-state index contributed by atoms with van der Waals surface area (Å²) in [7, 11) is 0. The number of nitrogen functional groups attached to an aromatic ring is 1. The van der Waals surface area contributed by atoms with Crippen molar-refractivity contribution in [2.45, 2.75) is 6.92 Å². The van der Waals surface area contributed by atoms with Crippen LogP contribution in [-0.4, -0.2) is 14.6 Å². The third kappa shape index (κ3) is 1.29. The van der Waals surface area contributed by atoms with Gasteiger partial charge >= 0.3 is 0 Å². The van der Waals surface area contributed by atoms with E-state index < -0.39 is 0 Å². The van der Waals surface area contributed by atoms with Gasteiger partial charge in [-0.2, -0.15) is 0 Å². The van der Waals surface area contributed by atoms with Crippen molar-refractivity contribution in [2.24, 2.45) is 0 Å². The van der Waals surface area contributed by atoms with Gasteiger partial charge in [0.1, 0.15) is 6.33 Å². The van der Waals surface area contributed by atoms with Crippen LogP contribution >= 0.6 is 0 Å². The largest absolute Gasteiger partial charge is 0.335 e. The first kappa shape index (κ1) is 9.77. The fourth-order valence-corrected chi connectivity index (χ4v) is 2.01. The van der Waals surface area contributed by atoms with E-state index >= 15 is 0 Å². The highest BCUT2D eigenvalue weighted by molar-refractivity contribution is 5.95. The van der Waals surface area contributed by atoms with E-state index in [9.17, 15) is 4.79 Å². The predicted octanol–water partition coefficient (Wildman–Crippen LogP) is 0.967. The van der Waals surface area contributed by atoms with Crippen molar-refractivity contribution >= 4 is 21.9 Å². The van der Waals surface area contributed by atoms with Gasteiger partial charge in [0.25, 0.3) is 5.56 Å². The van der Waals surface area contributed by atoms with Crippen LogP contribution in [0, 0.1) is 6.92 Å². The maximum absolute atomic E-state index is 12.0. The Hall–Kier alpha value is -2.43. The standard InChI is InChI=1S/C12H10N4O/c1-7-8-4-2-3-5-9(8)15-11-10(7)12(17)16(13)6-14-11/h2-6H,13H2,1H3. The molecule has 0 bridgehead atoms. The van der Waals surface area contributed by atoms with E-state index in [1.54, 1.807) is 0 Å². The van der Waals surface area contributed by atoms with Gasteiger partial charge in [0.05, 0.1) is 10.9 Å². The molecular formula is C12H10N4O. The maximum atomic E-state index is 12.0. The van der Waals surface area contributed by atoms with Gasteiger partial charge in [-0.25, -0.2) is 14.6 Å². The molecule has 5 heteroatoms. The number of rotatable bonds is 0. The van der Waals surface area contributed by atoms with Crippen LogP contribution in [0.4, 0.5) is 0 Å². The molecule has 17 heavy (non-hydrogen) atoms. The highest BCUT2D eigenvalue weighted by Gasteiger charge is 2.10. The number of benzene rings is 1. The molecule has 0 aliphatic heterocycles. The van der Waals surface area contributed by atoms with Crippen LogP contribution < -0.4 is 11.4 Å². The van der Waals surface area contributed by atoms with Crippen LogP contribution in [0.3, 0.4) is 0 Å². The number of nitrogens with zero attached hydrogens (tertiary/aromatic N) is 3. The molecule has 84 valence electrons. The van der Waals surface area contributed by atoms with Crippen molar-refractivity contribution in [3.63, 3.8) is 0 Å². The van der Waals surface area contributed by atoms with Crippen LogP contribution in [0.1, 0.15) is 5.56 Å². The summed E-state index contributed by atoms with van der Waals surface area (Å²) in [6, 6.07) is 7.66. The Morgan fingerprint density at radius 1 is 1.29 bits per heavy atom. The normalized spacial score (nSPS) is 11.1. The Morgan fingerprint density at radius 2 is 2.06 bits per heavy atom. The first-order chi connectivity index (χ1) is 8.18. The topological polar surface area (TPSA) is 73.8 Å². The van der Waals surface area contributed by atoms with Crippen molar-refractivity contribution < 1.29 is 0 Å². The quantitative estimate of drug-likeness (QED) is 0.458. The fourth-order valence-electron chi connectivity index (χ4n) is 2.01. The number of hydrogen-bond donors (Lipinski definition) is 1. The van der Waals surface area contributed by atoms with Crippen molar-refractivity contribution in [3.05, 3.63) is 46.5 Å². The Labute approximate surface area is 96.5 Å².